The number of benzene rings is 2. The summed E-state index contributed by atoms with van der Waals surface area (Å²) in [4.78, 5) is -0.135. The van der Waals surface area contributed by atoms with Crippen LogP contribution in [-0.4, -0.2) is 13.0 Å². The van der Waals surface area contributed by atoms with Crippen molar-refractivity contribution in [3.8, 4) is 17.2 Å². The van der Waals surface area contributed by atoms with Gasteiger partial charge in [-0.25, -0.2) is 0 Å². The molecule has 0 saturated heterocycles. The first-order chi connectivity index (χ1) is 12.9. The largest absolute Gasteiger partial charge is 1.00 e. The average Bonchev–Trinajstić information content (AvgIpc) is 2.61. The van der Waals surface area contributed by atoms with Gasteiger partial charge in [0.15, 0.2) is 0 Å². The Labute approximate surface area is 190 Å². The van der Waals surface area contributed by atoms with Crippen LogP contribution in [0.25, 0.3) is 0 Å². The van der Waals surface area contributed by atoms with E-state index in [0.717, 1.165) is 19.3 Å². The second-order valence-corrected chi connectivity index (χ2v) is 8.08. The van der Waals surface area contributed by atoms with Crippen molar-refractivity contribution in [1.82, 2.24) is 0 Å². The second-order valence-electron chi connectivity index (χ2n) is 6.69. The Morgan fingerprint density at radius 2 is 1.57 bits per heavy atom. The molecular formula is C21H27NaO5S. The molecule has 0 bridgehead atoms. The van der Waals surface area contributed by atoms with Crippen LogP contribution in [0.3, 0.4) is 0 Å². The van der Waals surface area contributed by atoms with Crippen LogP contribution in [0, 0.1) is 0 Å². The predicted molar refractivity (Wildman–Crippen MR) is 104 cm³/mol. The van der Waals surface area contributed by atoms with Crippen LogP contribution in [0.2, 0.25) is 0 Å². The van der Waals surface area contributed by atoms with E-state index in [4.69, 9.17) is 4.74 Å². The zero-order valence-electron chi connectivity index (χ0n) is 16.7. The molecule has 2 aromatic rings. The molecule has 5 nitrogen and oxygen atoms in total. The van der Waals surface area contributed by atoms with Crippen molar-refractivity contribution >= 4 is 10.1 Å². The van der Waals surface area contributed by atoms with Crippen molar-refractivity contribution in [2.24, 2.45) is 0 Å². The third kappa shape index (κ3) is 8.53. The van der Waals surface area contributed by atoms with Crippen molar-refractivity contribution in [3.05, 3.63) is 48.0 Å². The van der Waals surface area contributed by atoms with E-state index >= 15 is 0 Å². The smallest absolute Gasteiger partial charge is 0.872 e. The molecule has 0 aromatic heterocycles. The number of aryl methyl sites for hydroxylation is 1. The zero-order valence-corrected chi connectivity index (χ0v) is 19.5. The monoisotopic (exact) mass is 414 g/mol. The molecule has 0 radical (unpaired) electrons. The maximum atomic E-state index is 11.8. The van der Waals surface area contributed by atoms with Gasteiger partial charge in [-0.1, -0.05) is 63.6 Å². The van der Waals surface area contributed by atoms with Gasteiger partial charge in [-0.05, 0) is 36.6 Å². The van der Waals surface area contributed by atoms with E-state index in [0.29, 0.717) is 17.7 Å². The number of hydrogen-bond acceptors (Lipinski definition) is 4. The summed E-state index contributed by atoms with van der Waals surface area (Å²) in [5.74, 6) is 0.387. The molecule has 1 N–H and O–H groups in total. The number of rotatable bonds is 11. The Hall–Kier alpha value is -1.05. The molecule has 0 aliphatic carbocycles. The van der Waals surface area contributed by atoms with Gasteiger partial charge < -0.3 is 9.84 Å². The molecule has 0 atom stereocenters. The molecule has 0 fully saturated rings. The van der Waals surface area contributed by atoms with E-state index in [2.05, 4.69) is 6.92 Å². The summed E-state index contributed by atoms with van der Waals surface area (Å²) in [7, 11) is -4.35. The van der Waals surface area contributed by atoms with Gasteiger partial charge in [0.1, 0.15) is 16.4 Å². The summed E-state index contributed by atoms with van der Waals surface area (Å²) in [6, 6.07) is 10.5. The van der Waals surface area contributed by atoms with Crippen LogP contribution in [0.5, 0.6) is 17.2 Å². The second kappa shape index (κ2) is 12.5. The molecule has 0 saturated carbocycles. The molecular weight excluding hydrogens is 387 g/mol. The predicted octanol–water partition coefficient (Wildman–Crippen LogP) is 2.10. The molecule has 0 heterocycles. The first-order valence-electron chi connectivity index (χ1n) is 9.45. The van der Waals surface area contributed by atoms with Crippen LogP contribution >= 0.6 is 0 Å². The summed E-state index contributed by atoms with van der Waals surface area (Å²) >= 11 is 0. The van der Waals surface area contributed by atoms with E-state index in [9.17, 15) is 18.1 Å². The van der Waals surface area contributed by atoms with Crippen molar-refractivity contribution in [2.75, 3.05) is 0 Å². The van der Waals surface area contributed by atoms with Crippen molar-refractivity contribution in [3.63, 3.8) is 0 Å². The summed E-state index contributed by atoms with van der Waals surface area (Å²) in [5.41, 5.74) is 0.580. The minimum Gasteiger partial charge on any atom is -0.872 e. The van der Waals surface area contributed by atoms with E-state index in [-0.39, 0.29) is 46.0 Å². The zero-order chi connectivity index (χ0) is 19.7. The first kappa shape index (κ1) is 25.0. The maximum absolute atomic E-state index is 11.8. The molecule has 0 unspecified atom stereocenters. The third-order valence-electron chi connectivity index (χ3n) is 4.41. The molecule has 2 aromatic carbocycles. The number of hydrogen-bond donors (Lipinski definition) is 1. The fourth-order valence-corrected chi connectivity index (χ4v) is 3.76. The molecule has 7 heteroatoms. The van der Waals surface area contributed by atoms with Gasteiger partial charge in [0.25, 0.3) is 10.1 Å². The molecule has 148 valence electrons. The molecule has 0 amide bonds. The van der Waals surface area contributed by atoms with Crippen molar-refractivity contribution < 1.29 is 52.4 Å². The minimum atomic E-state index is -4.35. The average molecular weight is 414 g/mol. The molecule has 0 aliphatic heterocycles. The van der Waals surface area contributed by atoms with Gasteiger partial charge in [-0.15, -0.1) is 5.75 Å². The van der Waals surface area contributed by atoms with Gasteiger partial charge in [0.05, 0.1) is 0 Å². The quantitative estimate of drug-likeness (QED) is 0.346. The summed E-state index contributed by atoms with van der Waals surface area (Å²) in [6.45, 7) is 2.18. The van der Waals surface area contributed by atoms with Crippen molar-refractivity contribution in [2.45, 2.75) is 63.2 Å². The number of unbranched alkanes of at least 4 members (excludes halogenated alkanes) is 6. The van der Waals surface area contributed by atoms with Crippen LogP contribution in [-0.2, 0) is 16.5 Å². The normalized spacial score (nSPS) is 11.1. The summed E-state index contributed by atoms with van der Waals surface area (Å²) in [5, 5.41) is 11.4. The minimum absolute atomic E-state index is 0. The molecule has 2 rings (SSSR count). The Morgan fingerprint density at radius 1 is 0.929 bits per heavy atom. The van der Waals surface area contributed by atoms with Crippen LogP contribution in [0.1, 0.15) is 57.4 Å². The summed E-state index contributed by atoms with van der Waals surface area (Å²) in [6.07, 6.45) is 8.52. The number of ether oxygens (including phenoxy) is 1. The topological polar surface area (TPSA) is 86.7 Å². The van der Waals surface area contributed by atoms with Crippen LogP contribution in [0.4, 0.5) is 0 Å². The van der Waals surface area contributed by atoms with Gasteiger partial charge >= 0.3 is 29.6 Å². The van der Waals surface area contributed by atoms with Gasteiger partial charge in [-0.2, -0.15) is 8.42 Å². The maximum Gasteiger partial charge on any atom is 1.00 e. The standard InChI is InChI=1S/C21H28O5S.Na/c1-2-3-4-5-6-7-8-10-17-13-14-20(16-21(17)27(23,24)25)26-19-12-9-11-18(22)15-19;/h9,11-16,22H,2-8,10H2,1H3,(H,23,24,25);/q;+1/p-1. The fourth-order valence-electron chi connectivity index (χ4n) is 2.99. The van der Waals surface area contributed by atoms with Crippen LogP contribution < -0.4 is 39.4 Å². The summed E-state index contributed by atoms with van der Waals surface area (Å²) < 4.78 is 38.7. The van der Waals surface area contributed by atoms with Gasteiger partial charge in [-0.3, -0.25) is 4.55 Å². The third-order valence-corrected chi connectivity index (χ3v) is 5.34. The molecule has 0 spiro atoms. The Morgan fingerprint density at radius 3 is 2.21 bits per heavy atom. The Bertz CT molecular complexity index is 836. The Kier molecular flexibility index (Phi) is 11.2. The van der Waals surface area contributed by atoms with E-state index < -0.39 is 10.1 Å². The van der Waals surface area contributed by atoms with Crippen LogP contribution in [0.15, 0.2) is 47.4 Å². The van der Waals surface area contributed by atoms with Gasteiger partial charge in [0.2, 0.25) is 0 Å². The fraction of sp³-hybridized carbons (Fsp3) is 0.429. The SMILES string of the molecule is CCCCCCCCCc1ccc(Oc2cccc([O-])c2)cc1S(=O)(=O)O.[Na+]. The Balaban J connectivity index is 0.00000392. The molecule has 0 aliphatic rings. The van der Waals surface area contributed by atoms with E-state index in [1.807, 2.05) is 0 Å². The van der Waals surface area contributed by atoms with E-state index in [1.165, 1.54) is 43.9 Å². The van der Waals surface area contributed by atoms with Crippen molar-refractivity contribution in [1.29, 1.82) is 0 Å². The first-order valence-corrected chi connectivity index (χ1v) is 10.9. The van der Waals surface area contributed by atoms with E-state index in [1.54, 1.807) is 24.3 Å². The molecule has 28 heavy (non-hydrogen) atoms. The van der Waals surface area contributed by atoms with Gasteiger partial charge in [0, 0.05) is 6.07 Å².